The normalized spacial score (nSPS) is 16.0. The predicted molar refractivity (Wildman–Crippen MR) is 91.6 cm³/mol. The molecule has 2 heterocycles. The van der Waals surface area contributed by atoms with Crippen molar-refractivity contribution in [2.75, 3.05) is 27.8 Å². The minimum atomic E-state index is -0.0139. The molecule has 1 aliphatic rings. The Kier molecular flexibility index (Phi) is 4.69. The van der Waals surface area contributed by atoms with Gasteiger partial charge in [-0.05, 0) is 36.6 Å². The molecule has 0 aliphatic carbocycles. The predicted octanol–water partition coefficient (Wildman–Crippen LogP) is 2.59. The number of methoxy groups -OCH3 is 1. The van der Waals surface area contributed by atoms with Crippen LogP contribution in [0, 0.1) is 5.92 Å². The summed E-state index contributed by atoms with van der Waals surface area (Å²) in [5.41, 5.74) is 2.67. The van der Waals surface area contributed by atoms with Crippen molar-refractivity contribution in [3.63, 3.8) is 0 Å². The van der Waals surface area contributed by atoms with Crippen molar-refractivity contribution in [1.29, 1.82) is 0 Å². The van der Waals surface area contributed by atoms with Crippen LogP contribution in [-0.2, 0) is 12.8 Å². The molecule has 1 aliphatic heterocycles. The third kappa shape index (κ3) is 3.35. The highest BCUT2D eigenvalue weighted by molar-refractivity contribution is 5.94. The first-order valence-electron chi connectivity index (χ1n) is 8.03. The van der Waals surface area contributed by atoms with Gasteiger partial charge in [-0.1, -0.05) is 6.07 Å². The first-order chi connectivity index (χ1) is 11.6. The molecule has 2 aromatic rings. The van der Waals surface area contributed by atoms with E-state index in [1.165, 1.54) is 5.56 Å². The molecule has 5 nitrogen and oxygen atoms in total. The molecule has 0 spiro atoms. The number of nitrogens with zero attached hydrogens (tertiary/aromatic N) is 2. The highest BCUT2D eigenvalue weighted by atomic mass is 16.5. The minimum absolute atomic E-state index is 0.0139. The molecule has 0 radical (unpaired) electrons. The molecule has 0 unspecified atom stereocenters. The Morgan fingerprint density at radius 3 is 2.96 bits per heavy atom. The SMILES string of the molecule is COc1ccc2c(c1)OC[C@H](Cc1ncccc1C(=O)N(C)C)C2. The summed E-state index contributed by atoms with van der Waals surface area (Å²) in [7, 11) is 5.16. The molecule has 1 atom stereocenters. The third-order valence-corrected chi connectivity index (χ3v) is 4.27. The fourth-order valence-corrected chi connectivity index (χ4v) is 2.98. The number of benzene rings is 1. The van der Waals surface area contributed by atoms with Gasteiger partial charge in [0.25, 0.3) is 5.91 Å². The van der Waals surface area contributed by atoms with Gasteiger partial charge in [0.15, 0.2) is 0 Å². The molecular weight excluding hydrogens is 304 g/mol. The van der Waals surface area contributed by atoms with Crippen LogP contribution in [0.2, 0.25) is 0 Å². The van der Waals surface area contributed by atoms with Gasteiger partial charge < -0.3 is 14.4 Å². The molecule has 24 heavy (non-hydrogen) atoms. The fraction of sp³-hybridized carbons (Fsp3) is 0.368. The summed E-state index contributed by atoms with van der Waals surface area (Å²) in [4.78, 5) is 18.3. The number of rotatable bonds is 4. The molecule has 0 fully saturated rings. The van der Waals surface area contributed by atoms with Crippen molar-refractivity contribution in [1.82, 2.24) is 9.88 Å². The summed E-state index contributed by atoms with van der Waals surface area (Å²) < 4.78 is 11.1. The quantitative estimate of drug-likeness (QED) is 0.866. The van der Waals surface area contributed by atoms with Crippen molar-refractivity contribution < 1.29 is 14.3 Å². The highest BCUT2D eigenvalue weighted by Crippen LogP contribution is 2.32. The van der Waals surface area contributed by atoms with E-state index in [1.54, 1.807) is 38.4 Å². The molecule has 0 saturated carbocycles. The van der Waals surface area contributed by atoms with Gasteiger partial charge >= 0.3 is 0 Å². The van der Waals surface area contributed by atoms with E-state index < -0.39 is 0 Å². The first-order valence-corrected chi connectivity index (χ1v) is 8.03. The summed E-state index contributed by atoms with van der Waals surface area (Å²) in [6.45, 7) is 0.617. The van der Waals surface area contributed by atoms with Gasteiger partial charge in [0.05, 0.1) is 25.0 Å². The van der Waals surface area contributed by atoms with Crippen LogP contribution in [0.25, 0.3) is 0 Å². The van der Waals surface area contributed by atoms with Crippen molar-refractivity contribution >= 4 is 5.91 Å². The zero-order valence-corrected chi connectivity index (χ0v) is 14.3. The number of carbonyl (C=O) groups excluding carboxylic acids is 1. The lowest BCUT2D eigenvalue weighted by molar-refractivity contribution is 0.0825. The number of hydrogen-bond donors (Lipinski definition) is 0. The Bertz CT molecular complexity index is 743. The second-order valence-corrected chi connectivity index (χ2v) is 6.26. The van der Waals surface area contributed by atoms with Gasteiger partial charge in [-0.2, -0.15) is 0 Å². The van der Waals surface area contributed by atoms with E-state index in [1.807, 2.05) is 24.3 Å². The molecule has 1 aromatic heterocycles. The highest BCUT2D eigenvalue weighted by Gasteiger charge is 2.23. The van der Waals surface area contributed by atoms with E-state index in [2.05, 4.69) is 4.98 Å². The van der Waals surface area contributed by atoms with Crippen LogP contribution in [-0.4, -0.2) is 43.6 Å². The van der Waals surface area contributed by atoms with E-state index in [0.717, 1.165) is 30.0 Å². The van der Waals surface area contributed by atoms with Gasteiger partial charge in [0, 0.05) is 32.3 Å². The molecule has 0 N–H and O–H groups in total. The first kappa shape index (κ1) is 16.3. The summed E-state index contributed by atoms with van der Waals surface area (Å²) >= 11 is 0. The van der Waals surface area contributed by atoms with E-state index in [4.69, 9.17) is 9.47 Å². The molecule has 0 saturated heterocycles. The summed E-state index contributed by atoms with van der Waals surface area (Å²) in [6, 6.07) is 9.57. The second-order valence-electron chi connectivity index (χ2n) is 6.26. The molecule has 126 valence electrons. The van der Waals surface area contributed by atoms with Gasteiger partial charge in [0.2, 0.25) is 0 Å². The zero-order chi connectivity index (χ0) is 17.1. The Hall–Kier alpha value is -2.56. The number of carbonyl (C=O) groups is 1. The number of aromatic nitrogens is 1. The van der Waals surface area contributed by atoms with E-state index in [0.29, 0.717) is 18.1 Å². The van der Waals surface area contributed by atoms with Crippen LogP contribution in [0.5, 0.6) is 11.5 Å². The van der Waals surface area contributed by atoms with Crippen LogP contribution in [0.15, 0.2) is 36.5 Å². The van der Waals surface area contributed by atoms with Crippen LogP contribution in [0.1, 0.15) is 21.6 Å². The lowest BCUT2D eigenvalue weighted by atomic mass is 9.91. The van der Waals surface area contributed by atoms with E-state index in [9.17, 15) is 4.79 Å². The van der Waals surface area contributed by atoms with Crippen LogP contribution in [0.3, 0.4) is 0 Å². The third-order valence-electron chi connectivity index (χ3n) is 4.27. The average Bonchev–Trinajstić information content (AvgIpc) is 2.61. The Balaban J connectivity index is 1.77. The number of ether oxygens (including phenoxy) is 2. The largest absolute Gasteiger partial charge is 0.497 e. The Morgan fingerprint density at radius 1 is 1.38 bits per heavy atom. The van der Waals surface area contributed by atoms with Gasteiger partial charge in [-0.15, -0.1) is 0 Å². The number of pyridine rings is 1. The van der Waals surface area contributed by atoms with Crippen LogP contribution in [0.4, 0.5) is 0 Å². The minimum Gasteiger partial charge on any atom is -0.497 e. The molecular formula is C19H22N2O3. The Labute approximate surface area is 142 Å². The topological polar surface area (TPSA) is 51.7 Å². The lowest BCUT2D eigenvalue weighted by Gasteiger charge is -2.26. The fourth-order valence-electron chi connectivity index (χ4n) is 2.98. The molecule has 5 heteroatoms. The van der Waals surface area contributed by atoms with Crippen molar-refractivity contribution in [2.24, 2.45) is 5.92 Å². The molecule has 1 amide bonds. The summed E-state index contributed by atoms with van der Waals surface area (Å²) in [5, 5.41) is 0. The monoisotopic (exact) mass is 326 g/mol. The smallest absolute Gasteiger partial charge is 0.255 e. The summed E-state index contributed by atoms with van der Waals surface area (Å²) in [6.07, 6.45) is 3.37. The van der Waals surface area contributed by atoms with E-state index >= 15 is 0 Å². The maximum absolute atomic E-state index is 12.3. The van der Waals surface area contributed by atoms with Crippen molar-refractivity contribution in [3.05, 3.63) is 53.3 Å². The molecule has 3 rings (SSSR count). The zero-order valence-electron chi connectivity index (χ0n) is 14.3. The second kappa shape index (κ2) is 6.91. The van der Waals surface area contributed by atoms with Gasteiger partial charge in [-0.25, -0.2) is 0 Å². The molecule has 1 aromatic carbocycles. The maximum atomic E-state index is 12.3. The van der Waals surface area contributed by atoms with Crippen LogP contribution >= 0.6 is 0 Å². The summed E-state index contributed by atoms with van der Waals surface area (Å²) in [5.74, 6) is 1.97. The van der Waals surface area contributed by atoms with Gasteiger partial charge in [0.1, 0.15) is 11.5 Å². The lowest BCUT2D eigenvalue weighted by Crippen LogP contribution is -2.27. The van der Waals surface area contributed by atoms with Crippen LogP contribution < -0.4 is 9.47 Å². The molecule has 0 bridgehead atoms. The standard InChI is InChI=1S/C19H22N2O3/c1-21(2)19(22)16-5-4-8-20-17(16)10-13-9-14-6-7-15(23-3)11-18(14)24-12-13/h4-8,11,13H,9-10,12H2,1-3H3/t13-/m0/s1. The average molecular weight is 326 g/mol. The van der Waals surface area contributed by atoms with Crippen molar-refractivity contribution in [2.45, 2.75) is 12.8 Å². The van der Waals surface area contributed by atoms with E-state index in [-0.39, 0.29) is 5.91 Å². The van der Waals surface area contributed by atoms with Crippen molar-refractivity contribution in [3.8, 4) is 11.5 Å². The Morgan fingerprint density at radius 2 is 2.21 bits per heavy atom. The number of fused-ring (bicyclic) bond motifs is 1. The maximum Gasteiger partial charge on any atom is 0.255 e. The number of amides is 1. The number of hydrogen-bond acceptors (Lipinski definition) is 4. The van der Waals surface area contributed by atoms with Gasteiger partial charge in [-0.3, -0.25) is 9.78 Å².